The summed E-state index contributed by atoms with van der Waals surface area (Å²) in [6.07, 6.45) is 0.350. The molecule has 0 spiro atoms. The highest BCUT2D eigenvalue weighted by molar-refractivity contribution is 7.13. The van der Waals surface area contributed by atoms with Crippen molar-refractivity contribution in [1.82, 2.24) is 4.68 Å². The number of thiophene rings is 1. The molecule has 0 aliphatic rings. The van der Waals surface area contributed by atoms with Crippen LogP contribution in [0.4, 0.5) is 0 Å². The zero-order valence-electron chi connectivity index (χ0n) is 13.7. The van der Waals surface area contributed by atoms with Crippen LogP contribution in [0.1, 0.15) is 28.0 Å². The van der Waals surface area contributed by atoms with Gasteiger partial charge in [0.1, 0.15) is 0 Å². The summed E-state index contributed by atoms with van der Waals surface area (Å²) < 4.78 is 1.70. The highest BCUT2D eigenvalue weighted by Gasteiger charge is 2.16. The first-order chi connectivity index (χ1) is 12.1. The van der Waals surface area contributed by atoms with E-state index in [1.54, 1.807) is 22.1 Å². The van der Waals surface area contributed by atoms with Gasteiger partial charge >= 0.3 is 5.97 Å². The molecular weight excluding hydrogens is 336 g/mol. The maximum Gasteiger partial charge on any atom is 0.303 e. The molecule has 6 heteroatoms. The van der Waals surface area contributed by atoms with Crippen molar-refractivity contribution < 1.29 is 14.7 Å². The Morgan fingerprint density at radius 1 is 1.12 bits per heavy atom. The molecule has 0 saturated carbocycles. The minimum absolute atomic E-state index is 0.00806. The molecule has 5 nitrogen and oxygen atoms in total. The van der Waals surface area contributed by atoms with E-state index in [-0.39, 0.29) is 12.3 Å². The molecule has 1 aromatic carbocycles. The Morgan fingerprint density at radius 2 is 1.92 bits per heavy atom. The number of aromatic nitrogens is 1. The maximum absolute atomic E-state index is 12.7. The summed E-state index contributed by atoms with van der Waals surface area (Å²) in [6.45, 7) is 1.89. The average Bonchev–Trinajstić information content (AvgIpc) is 3.23. The highest BCUT2D eigenvalue weighted by Crippen LogP contribution is 2.27. The number of carboxylic acids is 1. The van der Waals surface area contributed by atoms with Crippen LogP contribution < -0.4 is 5.43 Å². The number of hydrogen-bond donors (Lipinski definition) is 2. The van der Waals surface area contributed by atoms with Gasteiger partial charge in [0, 0.05) is 17.7 Å². The van der Waals surface area contributed by atoms with Crippen LogP contribution in [0, 0.1) is 6.92 Å². The zero-order valence-corrected chi connectivity index (χ0v) is 14.5. The van der Waals surface area contributed by atoms with Crippen molar-refractivity contribution in [3.05, 3.63) is 70.7 Å². The molecule has 128 valence electrons. The van der Waals surface area contributed by atoms with E-state index >= 15 is 0 Å². The van der Waals surface area contributed by atoms with Gasteiger partial charge in [-0.3, -0.25) is 19.7 Å². The van der Waals surface area contributed by atoms with E-state index in [1.165, 1.54) is 0 Å². The van der Waals surface area contributed by atoms with E-state index in [1.807, 2.05) is 54.8 Å². The molecule has 2 heterocycles. The van der Waals surface area contributed by atoms with Gasteiger partial charge in [-0.2, -0.15) is 0 Å². The first-order valence-corrected chi connectivity index (χ1v) is 8.77. The molecule has 0 unspecified atom stereocenters. The van der Waals surface area contributed by atoms with Crippen molar-refractivity contribution in [3.63, 3.8) is 0 Å². The van der Waals surface area contributed by atoms with Crippen molar-refractivity contribution in [2.75, 3.05) is 5.43 Å². The fraction of sp³-hybridized carbons (Fsp3) is 0.158. The van der Waals surface area contributed by atoms with E-state index in [0.29, 0.717) is 12.0 Å². The molecule has 0 fully saturated rings. The van der Waals surface area contributed by atoms with E-state index in [2.05, 4.69) is 5.43 Å². The Labute approximate surface area is 149 Å². The number of aliphatic carboxylic acids is 1. The number of carbonyl (C=O) groups excluding carboxylic acids is 1. The van der Waals surface area contributed by atoms with Crippen LogP contribution in [-0.4, -0.2) is 21.7 Å². The van der Waals surface area contributed by atoms with Gasteiger partial charge in [-0.1, -0.05) is 24.3 Å². The highest BCUT2D eigenvalue weighted by atomic mass is 32.1. The predicted molar refractivity (Wildman–Crippen MR) is 98.6 cm³/mol. The monoisotopic (exact) mass is 354 g/mol. The Kier molecular flexibility index (Phi) is 5.00. The fourth-order valence-electron chi connectivity index (χ4n) is 2.65. The summed E-state index contributed by atoms with van der Waals surface area (Å²) in [4.78, 5) is 24.6. The number of hydrogen-bond acceptors (Lipinski definition) is 3. The molecule has 2 aromatic heterocycles. The zero-order chi connectivity index (χ0) is 17.8. The average molecular weight is 354 g/mol. The summed E-state index contributed by atoms with van der Waals surface area (Å²) in [7, 11) is 0. The maximum atomic E-state index is 12.7. The smallest absolute Gasteiger partial charge is 0.303 e. The minimum atomic E-state index is -0.865. The standard InChI is InChI=1S/C19H18N2O3S/c1-13-5-2-3-6-15(13)19(24)20-21-14(9-11-18(22)23)8-10-16(21)17-7-4-12-25-17/h2-8,10,12H,9,11H2,1H3,(H,20,24)(H,22,23). The van der Waals surface area contributed by atoms with Gasteiger partial charge in [0.25, 0.3) is 5.91 Å². The van der Waals surface area contributed by atoms with Gasteiger partial charge in [-0.25, -0.2) is 0 Å². The van der Waals surface area contributed by atoms with Gasteiger partial charge in [0.2, 0.25) is 0 Å². The molecule has 1 amide bonds. The topological polar surface area (TPSA) is 71.3 Å². The second kappa shape index (κ2) is 7.36. The first-order valence-electron chi connectivity index (χ1n) is 7.89. The van der Waals surface area contributed by atoms with Crippen molar-refractivity contribution in [2.24, 2.45) is 0 Å². The Hall–Kier alpha value is -2.86. The van der Waals surface area contributed by atoms with E-state index in [9.17, 15) is 9.59 Å². The summed E-state index contributed by atoms with van der Waals surface area (Å²) in [5.41, 5.74) is 6.00. The lowest BCUT2D eigenvalue weighted by molar-refractivity contribution is -0.136. The Bertz CT molecular complexity index is 897. The van der Waals surface area contributed by atoms with Crippen molar-refractivity contribution in [3.8, 4) is 10.6 Å². The number of nitrogens with one attached hydrogen (secondary N) is 1. The first kappa shape index (κ1) is 17.0. The minimum Gasteiger partial charge on any atom is -0.481 e. The number of aryl methyl sites for hydroxylation is 2. The van der Waals surface area contributed by atoms with Crippen LogP contribution >= 0.6 is 11.3 Å². The van der Waals surface area contributed by atoms with Crippen LogP contribution in [-0.2, 0) is 11.2 Å². The number of rotatable bonds is 6. The molecule has 0 aliphatic carbocycles. The number of benzene rings is 1. The van der Waals surface area contributed by atoms with Gasteiger partial charge in [-0.15, -0.1) is 11.3 Å². The third-order valence-electron chi connectivity index (χ3n) is 3.93. The second-order valence-corrected chi connectivity index (χ2v) is 6.62. The number of amides is 1. The molecule has 3 aromatic rings. The molecule has 3 rings (SSSR count). The predicted octanol–water partition coefficient (Wildman–Crippen LogP) is 3.93. The summed E-state index contributed by atoms with van der Waals surface area (Å²) in [5.74, 6) is -1.08. The quantitative estimate of drug-likeness (QED) is 0.705. The molecule has 2 N–H and O–H groups in total. The van der Waals surface area contributed by atoms with Gasteiger partial charge in [-0.05, 0) is 42.1 Å². The lowest BCUT2D eigenvalue weighted by Crippen LogP contribution is -2.26. The van der Waals surface area contributed by atoms with Crippen molar-refractivity contribution in [1.29, 1.82) is 0 Å². The lowest BCUT2D eigenvalue weighted by Gasteiger charge is -2.15. The Balaban J connectivity index is 1.94. The van der Waals surface area contributed by atoms with E-state index in [4.69, 9.17) is 5.11 Å². The second-order valence-electron chi connectivity index (χ2n) is 5.67. The summed E-state index contributed by atoms with van der Waals surface area (Å²) in [5, 5.41) is 10.9. The van der Waals surface area contributed by atoms with Gasteiger partial charge in [0.05, 0.1) is 17.0 Å². The summed E-state index contributed by atoms with van der Waals surface area (Å²) in [6, 6.07) is 15.0. The number of carboxylic acid groups (broad SMARTS) is 1. The summed E-state index contributed by atoms with van der Waals surface area (Å²) >= 11 is 1.57. The van der Waals surface area contributed by atoms with E-state index in [0.717, 1.165) is 21.8 Å². The van der Waals surface area contributed by atoms with Crippen LogP contribution in [0.25, 0.3) is 10.6 Å². The molecule has 0 radical (unpaired) electrons. The molecule has 25 heavy (non-hydrogen) atoms. The molecule has 0 atom stereocenters. The van der Waals surface area contributed by atoms with Crippen LogP contribution in [0.15, 0.2) is 53.9 Å². The molecule has 0 bridgehead atoms. The molecular formula is C19H18N2O3S. The SMILES string of the molecule is Cc1ccccc1C(=O)Nn1c(CCC(=O)O)ccc1-c1cccs1. The van der Waals surface area contributed by atoms with Crippen LogP contribution in [0.5, 0.6) is 0 Å². The Morgan fingerprint density at radius 3 is 2.60 bits per heavy atom. The van der Waals surface area contributed by atoms with Crippen LogP contribution in [0.3, 0.4) is 0 Å². The lowest BCUT2D eigenvalue weighted by atomic mass is 10.1. The molecule has 0 aliphatic heterocycles. The largest absolute Gasteiger partial charge is 0.481 e. The number of nitrogens with zero attached hydrogens (tertiary/aromatic N) is 1. The normalized spacial score (nSPS) is 10.6. The van der Waals surface area contributed by atoms with Crippen molar-refractivity contribution in [2.45, 2.75) is 19.8 Å². The van der Waals surface area contributed by atoms with Gasteiger partial charge < -0.3 is 5.11 Å². The van der Waals surface area contributed by atoms with Crippen molar-refractivity contribution >= 4 is 23.2 Å². The van der Waals surface area contributed by atoms with E-state index < -0.39 is 5.97 Å². The third kappa shape index (κ3) is 3.80. The number of carbonyl (C=O) groups is 2. The fourth-order valence-corrected chi connectivity index (χ4v) is 3.39. The van der Waals surface area contributed by atoms with Gasteiger partial charge in [0.15, 0.2) is 0 Å². The van der Waals surface area contributed by atoms with Crippen LogP contribution in [0.2, 0.25) is 0 Å². The molecule has 0 saturated heterocycles. The third-order valence-corrected chi connectivity index (χ3v) is 4.83.